The summed E-state index contributed by atoms with van der Waals surface area (Å²) in [7, 11) is 0. The van der Waals surface area contributed by atoms with E-state index in [4.69, 9.17) is 4.42 Å². The van der Waals surface area contributed by atoms with Crippen LogP contribution in [-0.2, 0) is 0 Å². The van der Waals surface area contributed by atoms with Gasteiger partial charge >= 0.3 is 0 Å². The molecule has 2 amide bonds. The van der Waals surface area contributed by atoms with Crippen LogP contribution >= 0.6 is 0 Å². The highest BCUT2D eigenvalue weighted by molar-refractivity contribution is 6.07. The minimum atomic E-state index is -0.409. The maximum atomic E-state index is 12.7. The van der Waals surface area contributed by atoms with Gasteiger partial charge in [-0.1, -0.05) is 18.2 Å². The van der Waals surface area contributed by atoms with Gasteiger partial charge in [0.15, 0.2) is 0 Å². The molecule has 2 aromatic heterocycles. The molecule has 1 aromatic carbocycles. The van der Waals surface area contributed by atoms with Gasteiger partial charge < -0.3 is 4.42 Å². The Morgan fingerprint density at radius 1 is 1.04 bits per heavy atom. The first-order valence-electron chi connectivity index (χ1n) is 8.60. The molecule has 1 saturated carbocycles. The highest BCUT2D eigenvalue weighted by Gasteiger charge is 2.27. The van der Waals surface area contributed by atoms with E-state index < -0.39 is 5.91 Å². The topological polar surface area (TPSA) is 84.2 Å². The Morgan fingerprint density at radius 3 is 2.38 bits per heavy atom. The van der Waals surface area contributed by atoms with Crippen LogP contribution in [0.4, 0.5) is 0 Å². The summed E-state index contributed by atoms with van der Waals surface area (Å²) in [5.41, 5.74) is 7.60. The molecule has 3 aromatic rings. The number of furan rings is 1. The minimum absolute atomic E-state index is 0.364. The zero-order chi connectivity index (χ0) is 18.3. The number of rotatable bonds is 3. The standard InChI is InChI=1S/C20H19N3O3/c1-11-9-15(12(2)26-11)19(24)22-23-20(25)16-10-18(13-7-8-13)21-17-6-4-3-5-14(16)17/h3-6,9-10,13H,7-8H2,1-2H3,(H,22,24)(H,23,25). The number of amides is 2. The number of nitrogens with one attached hydrogen (secondary N) is 2. The Morgan fingerprint density at radius 2 is 1.73 bits per heavy atom. The molecular weight excluding hydrogens is 330 g/mol. The van der Waals surface area contributed by atoms with Crippen LogP contribution in [0.2, 0.25) is 0 Å². The summed E-state index contributed by atoms with van der Waals surface area (Å²) in [6.07, 6.45) is 2.20. The Balaban J connectivity index is 1.58. The number of aryl methyl sites for hydroxylation is 2. The van der Waals surface area contributed by atoms with Crippen molar-refractivity contribution in [2.24, 2.45) is 0 Å². The number of carbonyl (C=O) groups is 2. The van der Waals surface area contributed by atoms with E-state index in [9.17, 15) is 9.59 Å². The number of hydrogen-bond donors (Lipinski definition) is 2. The summed E-state index contributed by atoms with van der Waals surface area (Å²) in [6.45, 7) is 3.48. The first kappa shape index (κ1) is 16.3. The third-order valence-electron chi connectivity index (χ3n) is 4.55. The van der Waals surface area contributed by atoms with Crippen molar-refractivity contribution in [2.75, 3.05) is 0 Å². The molecule has 0 aliphatic heterocycles. The second kappa shape index (κ2) is 6.29. The second-order valence-electron chi connectivity index (χ2n) is 6.62. The van der Waals surface area contributed by atoms with Gasteiger partial charge in [-0.05, 0) is 44.9 Å². The predicted molar refractivity (Wildman–Crippen MR) is 96.8 cm³/mol. The van der Waals surface area contributed by atoms with E-state index in [1.807, 2.05) is 30.3 Å². The molecular formula is C20H19N3O3. The summed E-state index contributed by atoms with van der Waals surface area (Å²) in [5.74, 6) is 0.815. The normalized spacial score (nSPS) is 13.6. The number of benzene rings is 1. The minimum Gasteiger partial charge on any atom is -0.466 e. The average Bonchev–Trinajstić information content (AvgIpc) is 3.43. The fourth-order valence-corrected chi connectivity index (χ4v) is 3.08. The lowest BCUT2D eigenvalue weighted by Gasteiger charge is -2.11. The van der Waals surface area contributed by atoms with Crippen LogP contribution in [0.5, 0.6) is 0 Å². The van der Waals surface area contributed by atoms with E-state index in [2.05, 4.69) is 15.8 Å². The molecule has 132 valence electrons. The predicted octanol–water partition coefficient (Wildman–Crippen LogP) is 3.40. The van der Waals surface area contributed by atoms with Crippen LogP contribution < -0.4 is 10.9 Å². The molecule has 0 radical (unpaired) electrons. The molecule has 0 spiro atoms. The van der Waals surface area contributed by atoms with Crippen molar-refractivity contribution < 1.29 is 14.0 Å². The van der Waals surface area contributed by atoms with Crippen LogP contribution in [0.1, 0.15) is 56.7 Å². The second-order valence-corrected chi connectivity index (χ2v) is 6.62. The van der Waals surface area contributed by atoms with Crippen LogP contribution in [0, 0.1) is 13.8 Å². The molecule has 0 atom stereocenters. The maximum absolute atomic E-state index is 12.7. The third kappa shape index (κ3) is 3.06. The van der Waals surface area contributed by atoms with Gasteiger partial charge in [-0.15, -0.1) is 0 Å². The van der Waals surface area contributed by atoms with Gasteiger partial charge in [0, 0.05) is 17.0 Å². The monoisotopic (exact) mass is 349 g/mol. The molecule has 1 aliphatic rings. The first-order chi connectivity index (χ1) is 12.5. The molecule has 0 unspecified atom stereocenters. The molecule has 0 saturated heterocycles. The van der Waals surface area contributed by atoms with Gasteiger partial charge in [0.05, 0.1) is 16.6 Å². The fourth-order valence-electron chi connectivity index (χ4n) is 3.08. The number of fused-ring (bicyclic) bond motifs is 1. The number of hydrazine groups is 1. The van der Waals surface area contributed by atoms with Gasteiger partial charge in [0.1, 0.15) is 11.5 Å². The fraction of sp³-hybridized carbons (Fsp3) is 0.250. The van der Waals surface area contributed by atoms with E-state index >= 15 is 0 Å². The van der Waals surface area contributed by atoms with Crippen LogP contribution in [0.15, 0.2) is 40.8 Å². The molecule has 1 aliphatic carbocycles. The zero-order valence-corrected chi connectivity index (χ0v) is 14.6. The van der Waals surface area contributed by atoms with E-state index in [1.165, 1.54) is 0 Å². The lowest BCUT2D eigenvalue weighted by Crippen LogP contribution is -2.41. The van der Waals surface area contributed by atoms with Gasteiger partial charge in [-0.3, -0.25) is 25.4 Å². The quantitative estimate of drug-likeness (QED) is 0.710. The average molecular weight is 349 g/mol. The lowest BCUT2D eigenvalue weighted by molar-refractivity contribution is 0.0846. The summed E-state index contributed by atoms with van der Waals surface area (Å²) in [6, 6.07) is 11.0. The van der Waals surface area contributed by atoms with E-state index in [-0.39, 0.29) is 5.91 Å². The summed E-state index contributed by atoms with van der Waals surface area (Å²) >= 11 is 0. The van der Waals surface area contributed by atoms with E-state index in [1.54, 1.807) is 19.9 Å². The van der Waals surface area contributed by atoms with E-state index in [0.717, 1.165) is 29.4 Å². The van der Waals surface area contributed by atoms with Crippen molar-refractivity contribution in [1.82, 2.24) is 15.8 Å². The van der Waals surface area contributed by atoms with Gasteiger partial charge in [0.25, 0.3) is 11.8 Å². The third-order valence-corrected chi connectivity index (χ3v) is 4.55. The van der Waals surface area contributed by atoms with Crippen molar-refractivity contribution in [1.29, 1.82) is 0 Å². The lowest BCUT2D eigenvalue weighted by atomic mass is 10.1. The number of pyridine rings is 1. The molecule has 1 fully saturated rings. The largest absolute Gasteiger partial charge is 0.466 e. The van der Waals surface area contributed by atoms with Crippen molar-refractivity contribution in [3.8, 4) is 0 Å². The van der Waals surface area contributed by atoms with Gasteiger partial charge in [-0.2, -0.15) is 0 Å². The molecule has 4 rings (SSSR count). The summed E-state index contributed by atoms with van der Waals surface area (Å²) < 4.78 is 5.35. The van der Waals surface area contributed by atoms with Crippen molar-refractivity contribution in [3.05, 3.63) is 64.7 Å². The first-order valence-corrected chi connectivity index (χ1v) is 8.60. The molecule has 0 bridgehead atoms. The van der Waals surface area contributed by atoms with Crippen LogP contribution in [0.3, 0.4) is 0 Å². The maximum Gasteiger partial charge on any atom is 0.273 e. The highest BCUT2D eigenvalue weighted by atomic mass is 16.3. The Kier molecular flexibility index (Phi) is 3.95. The zero-order valence-electron chi connectivity index (χ0n) is 14.6. The van der Waals surface area contributed by atoms with Gasteiger partial charge in [0.2, 0.25) is 0 Å². The molecule has 6 heteroatoms. The Bertz CT molecular complexity index is 1020. The van der Waals surface area contributed by atoms with Gasteiger partial charge in [-0.25, -0.2) is 0 Å². The highest BCUT2D eigenvalue weighted by Crippen LogP contribution is 2.40. The Hall–Kier alpha value is -3.15. The summed E-state index contributed by atoms with van der Waals surface area (Å²) in [4.78, 5) is 29.6. The number of aromatic nitrogens is 1. The SMILES string of the molecule is Cc1cc(C(=O)NNC(=O)c2cc(C3CC3)nc3ccccc23)c(C)o1. The molecule has 2 heterocycles. The Labute approximate surface area is 150 Å². The molecule has 2 N–H and O–H groups in total. The summed E-state index contributed by atoms with van der Waals surface area (Å²) in [5, 5.41) is 0.763. The van der Waals surface area contributed by atoms with Crippen molar-refractivity contribution >= 4 is 22.7 Å². The number of para-hydroxylation sites is 1. The van der Waals surface area contributed by atoms with Crippen LogP contribution in [-0.4, -0.2) is 16.8 Å². The molecule has 26 heavy (non-hydrogen) atoms. The number of hydrogen-bond acceptors (Lipinski definition) is 4. The smallest absolute Gasteiger partial charge is 0.273 e. The number of carbonyl (C=O) groups excluding carboxylic acids is 2. The van der Waals surface area contributed by atoms with Crippen molar-refractivity contribution in [2.45, 2.75) is 32.6 Å². The number of nitrogens with zero attached hydrogens (tertiary/aromatic N) is 1. The van der Waals surface area contributed by atoms with Crippen LogP contribution in [0.25, 0.3) is 10.9 Å². The molecule has 6 nitrogen and oxygen atoms in total. The van der Waals surface area contributed by atoms with E-state index in [0.29, 0.717) is 28.6 Å². The van der Waals surface area contributed by atoms with Crippen molar-refractivity contribution in [3.63, 3.8) is 0 Å².